The minimum absolute atomic E-state index is 0.459. The third-order valence-corrected chi connectivity index (χ3v) is 4.96. The first-order valence-electron chi connectivity index (χ1n) is 7.30. The Labute approximate surface area is 161 Å². The monoisotopic (exact) mass is 433 g/mol. The van der Waals surface area contributed by atoms with Crippen LogP contribution in [-0.2, 0) is 0 Å². The van der Waals surface area contributed by atoms with Gasteiger partial charge in [-0.1, -0.05) is 41.4 Å². The fourth-order valence-corrected chi connectivity index (χ4v) is 3.18. The number of hydrogen-bond donors (Lipinski definition) is 1. The molecule has 0 aliphatic rings. The summed E-state index contributed by atoms with van der Waals surface area (Å²) in [6.07, 6.45) is 3.41. The van der Waals surface area contributed by atoms with Crippen LogP contribution in [0.25, 0.3) is 16.9 Å². The van der Waals surface area contributed by atoms with Crippen molar-refractivity contribution in [3.05, 3.63) is 69.4 Å². The van der Waals surface area contributed by atoms with Gasteiger partial charge in [-0.3, -0.25) is 0 Å². The van der Waals surface area contributed by atoms with E-state index >= 15 is 0 Å². The number of hydrogen-bond acceptors (Lipinski definition) is 4. The molecule has 4 rings (SSSR count). The Balaban J connectivity index is 1.91. The van der Waals surface area contributed by atoms with Crippen LogP contribution in [0, 0.1) is 0 Å². The molecule has 0 aliphatic heterocycles. The van der Waals surface area contributed by atoms with Crippen molar-refractivity contribution in [2.75, 3.05) is 5.32 Å². The van der Waals surface area contributed by atoms with Crippen molar-refractivity contribution in [1.29, 1.82) is 0 Å². The van der Waals surface area contributed by atoms with Crippen molar-refractivity contribution in [3.63, 3.8) is 0 Å². The zero-order valence-corrected chi connectivity index (χ0v) is 15.7. The molecule has 0 saturated carbocycles. The largest absolute Gasteiger partial charge is 0.325 e. The highest BCUT2D eigenvalue weighted by molar-refractivity contribution is 9.10. The molecule has 0 bridgehead atoms. The van der Waals surface area contributed by atoms with Crippen LogP contribution in [-0.4, -0.2) is 19.6 Å². The summed E-state index contributed by atoms with van der Waals surface area (Å²) in [7, 11) is 0. The Kier molecular flexibility index (Phi) is 4.33. The normalized spacial score (nSPS) is 11.0. The SMILES string of the molecule is Clc1cccc(-c2cc(Nc3ccccn3)n3ncc(Br)c3n2)c1Cl. The molecular formula is C17H10BrCl2N5. The van der Waals surface area contributed by atoms with E-state index in [1.807, 2.05) is 36.4 Å². The molecular weight excluding hydrogens is 425 g/mol. The topological polar surface area (TPSA) is 55.1 Å². The lowest BCUT2D eigenvalue weighted by Gasteiger charge is -2.11. The molecule has 8 heteroatoms. The van der Waals surface area contributed by atoms with Crippen LogP contribution in [0.3, 0.4) is 0 Å². The van der Waals surface area contributed by atoms with E-state index in [4.69, 9.17) is 23.2 Å². The molecule has 124 valence electrons. The lowest BCUT2D eigenvalue weighted by Crippen LogP contribution is -2.03. The Morgan fingerprint density at radius 1 is 1.08 bits per heavy atom. The second-order valence-corrected chi connectivity index (χ2v) is 6.84. The van der Waals surface area contributed by atoms with E-state index in [0.717, 1.165) is 10.0 Å². The molecule has 0 saturated heterocycles. The summed E-state index contributed by atoms with van der Waals surface area (Å²) in [6.45, 7) is 0. The molecule has 0 radical (unpaired) electrons. The average Bonchev–Trinajstić information content (AvgIpc) is 3.00. The van der Waals surface area contributed by atoms with Gasteiger partial charge in [0.15, 0.2) is 5.65 Å². The molecule has 0 amide bonds. The van der Waals surface area contributed by atoms with Gasteiger partial charge in [-0.05, 0) is 34.1 Å². The van der Waals surface area contributed by atoms with Gasteiger partial charge >= 0.3 is 0 Å². The minimum Gasteiger partial charge on any atom is -0.325 e. The summed E-state index contributed by atoms with van der Waals surface area (Å²) in [5.74, 6) is 1.41. The molecule has 1 N–H and O–H groups in total. The predicted molar refractivity (Wildman–Crippen MR) is 104 cm³/mol. The zero-order valence-electron chi connectivity index (χ0n) is 12.6. The summed E-state index contributed by atoms with van der Waals surface area (Å²) >= 11 is 16.0. The zero-order chi connectivity index (χ0) is 17.4. The fourth-order valence-electron chi connectivity index (χ4n) is 2.43. The van der Waals surface area contributed by atoms with Crippen molar-refractivity contribution >= 4 is 56.4 Å². The first-order chi connectivity index (χ1) is 12.1. The maximum Gasteiger partial charge on any atom is 0.172 e. The molecule has 3 heterocycles. The van der Waals surface area contributed by atoms with Gasteiger partial charge in [0.1, 0.15) is 11.6 Å². The number of fused-ring (bicyclic) bond motifs is 1. The van der Waals surface area contributed by atoms with Gasteiger partial charge in [0.25, 0.3) is 0 Å². The molecule has 1 aromatic carbocycles. The van der Waals surface area contributed by atoms with Crippen LogP contribution >= 0.6 is 39.1 Å². The number of benzene rings is 1. The summed E-state index contributed by atoms with van der Waals surface area (Å²) in [6, 6.07) is 13.0. The van der Waals surface area contributed by atoms with Crippen molar-refractivity contribution < 1.29 is 0 Å². The van der Waals surface area contributed by atoms with Crippen molar-refractivity contribution in [1.82, 2.24) is 19.6 Å². The molecule has 4 aromatic rings. The quantitative estimate of drug-likeness (QED) is 0.455. The number of anilines is 2. The van der Waals surface area contributed by atoms with Gasteiger partial charge in [-0.15, -0.1) is 0 Å². The number of aromatic nitrogens is 4. The highest BCUT2D eigenvalue weighted by Gasteiger charge is 2.14. The maximum atomic E-state index is 6.37. The highest BCUT2D eigenvalue weighted by Crippen LogP contribution is 2.34. The van der Waals surface area contributed by atoms with E-state index < -0.39 is 0 Å². The summed E-state index contributed by atoms with van der Waals surface area (Å²) in [5, 5.41) is 8.54. The number of rotatable bonds is 3. The Bertz CT molecular complexity index is 1070. The second-order valence-electron chi connectivity index (χ2n) is 5.20. The maximum absolute atomic E-state index is 6.37. The van der Waals surface area contributed by atoms with E-state index in [2.05, 4.69) is 36.3 Å². The van der Waals surface area contributed by atoms with Crippen LogP contribution in [0.2, 0.25) is 10.0 Å². The summed E-state index contributed by atoms with van der Waals surface area (Å²) in [4.78, 5) is 8.95. The van der Waals surface area contributed by atoms with Crippen LogP contribution in [0.5, 0.6) is 0 Å². The van der Waals surface area contributed by atoms with Gasteiger partial charge in [-0.25, -0.2) is 9.97 Å². The van der Waals surface area contributed by atoms with Crippen molar-refractivity contribution in [3.8, 4) is 11.3 Å². The molecule has 0 fully saturated rings. The molecule has 3 aromatic heterocycles. The standard InChI is InChI=1S/C17H10BrCl2N5/c18-11-9-22-25-15(24-14-6-1-2-7-21-14)8-13(23-17(11)25)10-4-3-5-12(19)16(10)20/h1-9H,(H,21,24). The highest BCUT2D eigenvalue weighted by atomic mass is 79.9. The molecule has 25 heavy (non-hydrogen) atoms. The lowest BCUT2D eigenvalue weighted by molar-refractivity contribution is 0.947. The van der Waals surface area contributed by atoms with Gasteiger partial charge < -0.3 is 5.32 Å². The first-order valence-corrected chi connectivity index (χ1v) is 8.85. The molecule has 0 atom stereocenters. The first kappa shape index (κ1) is 16.3. The molecule has 0 spiro atoms. The smallest absolute Gasteiger partial charge is 0.172 e. The van der Waals surface area contributed by atoms with Gasteiger partial charge in [-0.2, -0.15) is 9.61 Å². The summed E-state index contributed by atoms with van der Waals surface area (Å²) < 4.78 is 2.47. The van der Waals surface area contributed by atoms with E-state index in [-0.39, 0.29) is 0 Å². The molecule has 0 unspecified atom stereocenters. The van der Waals surface area contributed by atoms with E-state index in [1.54, 1.807) is 23.0 Å². The summed E-state index contributed by atoms with van der Waals surface area (Å²) in [5.41, 5.74) is 2.08. The van der Waals surface area contributed by atoms with Crippen LogP contribution in [0.4, 0.5) is 11.6 Å². The average molecular weight is 435 g/mol. The molecule has 5 nitrogen and oxygen atoms in total. The van der Waals surface area contributed by atoms with E-state index in [9.17, 15) is 0 Å². The van der Waals surface area contributed by atoms with Crippen LogP contribution < -0.4 is 5.32 Å². The van der Waals surface area contributed by atoms with E-state index in [1.165, 1.54) is 0 Å². The Morgan fingerprint density at radius 2 is 1.96 bits per heavy atom. The van der Waals surface area contributed by atoms with Crippen LogP contribution in [0.1, 0.15) is 0 Å². The second kappa shape index (κ2) is 6.63. The Hall–Kier alpha value is -2.15. The Morgan fingerprint density at radius 3 is 2.76 bits per heavy atom. The number of halogens is 3. The van der Waals surface area contributed by atoms with Crippen LogP contribution in [0.15, 0.2) is 59.3 Å². The van der Waals surface area contributed by atoms with E-state index in [0.29, 0.717) is 33.0 Å². The van der Waals surface area contributed by atoms with Crippen molar-refractivity contribution in [2.45, 2.75) is 0 Å². The van der Waals surface area contributed by atoms with Gasteiger partial charge in [0.05, 0.1) is 26.4 Å². The lowest BCUT2D eigenvalue weighted by atomic mass is 10.1. The molecule has 0 aliphatic carbocycles. The number of pyridine rings is 1. The number of nitrogens with zero attached hydrogens (tertiary/aromatic N) is 4. The minimum atomic E-state index is 0.459. The van der Waals surface area contributed by atoms with Gasteiger partial charge in [0, 0.05) is 17.8 Å². The predicted octanol–water partition coefficient (Wildman–Crippen LogP) is 5.60. The fraction of sp³-hybridized carbons (Fsp3) is 0. The van der Waals surface area contributed by atoms with Crippen molar-refractivity contribution in [2.24, 2.45) is 0 Å². The van der Waals surface area contributed by atoms with Gasteiger partial charge in [0.2, 0.25) is 0 Å². The number of nitrogens with one attached hydrogen (secondary N) is 1. The third kappa shape index (κ3) is 3.08. The third-order valence-electron chi connectivity index (χ3n) is 3.58.